The number of pyridine rings is 1. The second-order valence-corrected chi connectivity index (χ2v) is 14.3. The van der Waals surface area contributed by atoms with Crippen LogP contribution in [0.3, 0.4) is 0 Å². The molecule has 1 aliphatic heterocycles. The molecule has 0 radical (unpaired) electrons. The molecule has 0 aliphatic carbocycles. The zero-order valence-corrected chi connectivity index (χ0v) is 30.0. The summed E-state index contributed by atoms with van der Waals surface area (Å²) in [5.41, 5.74) is 13.7. The molecule has 4 nitrogen and oxygen atoms in total. The summed E-state index contributed by atoms with van der Waals surface area (Å²) < 4.78 is 4.69. The van der Waals surface area contributed by atoms with Crippen LogP contribution in [-0.4, -0.2) is 20.0 Å². The van der Waals surface area contributed by atoms with E-state index in [-0.39, 0.29) is 0 Å². The molecular formula is C51H34N4. The first kappa shape index (κ1) is 31.2. The maximum absolute atomic E-state index is 5.25. The number of hydrogen-bond acceptors (Lipinski definition) is 2. The molecule has 11 rings (SSSR count). The molecule has 7 aromatic carbocycles. The Kier molecular flexibility index (Phi) is 7.04. The van der Waals surface area contributed by atoms with Gasteiger partial charge in [-0.3, -0.25) is 14.5 Å². The van der Waals surface area contributed by atoms with E-state index < -0.39 is 0 Å². The lowest BCUT2D eigenvalue weighted by molar-refractivity contribution is 1.04. The molecule has 0 amide bonds. The van der Waals surface area contributed by atoms with Crippen LogP contribution in [0.25, 0.3) is 87.9 Å². The standard InChI is InChI=1S/C51H34N4/c1-33-21-26-50(53-32-39-31-52-30-38-14-10-18-41(33)51(38)39)55-47-20-8-6-17-43(47)45-29-37(23-25-49(45)55)36-22-24-48-44(28-36)42-16-5-7-19-46(42)54(48)40-15-9-13-35(27-40)34-11-3-2-4-12-34/h2-31H,1,32H2/b26-21-,53-50?. The second kappa shape index (κ2) is 12.4. The molecule has 4 heterocycles. The van der Waals surface area contributed by atoms with Crippen molar-refractivity contribution in [1.82, 2.24) is 14.1 Å². The van der Waals surface area contributed by atoms with Crippen LogP contribution in [0.5, 0.6) is 0 Å². The zero-order chi connectivity index (χ0) is 36.5. The highest BCUT2D eigenvalue weighted by molar-refractivity contribution is 6.18. The highest BCUT2D eigenvalue weighted by Gasteiger charge is 2.18. The number of para-hydroxylation sites is 2. The SMILES string of the molecule is C=C1/C=C\C(n2c3ccccc3c3cc(-c4ccc5c(c4)c4ccccc4n5-c4cccc(-c5ccccc5)c4)ccc32)=NCc2cncc3cccc1c23. The van der Waals surface area contributed by atoms with Gasteiger partial charge in [0.2, 0.25) is 0 Å². The largest absolute Gasteiger partial charge is 0.309 e. The molecule has 0 N–H and O–H groups in total. The predicted octanol–water partition coefficient (Wildman–Crippen LogP) is 12.8. The summed E-state index contributed by atoms with van der Waals surface area (Å²) in [6, 6.07) is 56.9. The van der Waals surface area contributed by atoms with Crippen molar-refractivity contribution in [2.24, 2.45) is 4.99 Å². The monoisotopic (exact) mass is 702 g/mol. The van der Waals surface area contributed by atoms with Crippen LogP contribution in [-0.2, 0) is 6.54 Å². The van der Waals surface area contributed by atoms with Gasteiger partial charge in [0.25, 0.3) is 0 Å². The Labute approximate surface area is 318 Å². The van der Waals surface area contributed by atoms with Gasteiger partial charge in [-0.25, -0.2) is 0 Å². The van der Waals surface area contributed by atoms with Gasteiger partial charge in [-0.1, -0.05) is 122 Å². The van der Waals surface area contributed by atoms with Crippen molar-refractivity contribution >= 4 is 65.8 Å². The van der Waals surface area contributed by atoms with Gasteiger partial charge in [0, 0.05) is 50.6 Å². The zero-order valence-electron chi connectivity index (χ0n) is 30.0. The molecule has 1 aliphatic rings. The fourth-order valence-corrected chi connectivity index (χ4v) is 8.61. The number of allylic oxidation sites excluding steroid dienone is 3. The first-order chi connectivity index (χ1) is 27.2. The summed E-state index contributed by atoms with van der Waals surface area (Å²) in [5.74, 6) is 0.871. The highest BCUT2D eigenvalue weighted by Crippen LogP contribution is 2.38. The van der Waals surface area contributed by atoms with Crippen molar-refractivity contribution < 1.29 is 0 Å². The van der Waals surface area contributed by atoms with Gasteiger partial charge in [0.15, 0.2) is 0 Å². The van der Waals surface area contributed by atoms with Gasteiger partial charge >= 0.3 is 0 Å². The van der Waals surface area contributed by atoms with E-state index >= 15 is 0 Å². The van der Waals surface area contributed by atoms with Gasteiger partial charge in [-0.15, -0.1) is 0 Å². The van der Waals surface area contributed by atoms with Crippen LogP contribution in [0.1, 0.15) is 11.1 Å². The van der Waals surface area contributed by atoms with Crippen LogP contribution in [0.2, 0.25) is 0 Å². The van der Waals surface area contributed by atoms with E-state index in [0.29, 0.717) is 6.54 Å². The molecule has 258 valence electrons. The summed E-state index contributed by atoms with van der Waals surface area (Å²) in [6.07, 6.45) is 8.08. The maximum Gasteiger partial charge on any atom is 0.132 e. The first-order valence-corrected chi connectivity index (χ1v) is 18.7. The number of hydrogen-bond donors (Lipinski definition) is 0. The summed E-state index contributed by atoms with van der Waals surface area (Å²) in [4.78, 5) is 9.80. The molecule has 0 saturated carbocycles. The van der Waals surface area contributed by atoms with E-state index in [4.69, 9.17) is 4.99 Å². The van der Waals surface area contributed by atoms with Gasteiger partial charge < -0.3 is 4.57 Å². The van der Waals surface area contributed by atoms with Gasteiger partial charge in [-0.2, -0.15) is 0 Å². The average molecular weight is 703 g/mol. The number of aliphatic imine (C=N–C) groups is 1. The summed E-state index contributed by atoms with van der Waals surface area (Å²) in [7, 11) is 0. The maximum atomic E-state index is 5.25. The third kappa shape index (κ3) is 4.99. The third-order valence-corrected chi connectivity index (χ3v) is 11.2. The summed E-state index contributed by atoms with van der Waals surface area (Å²) in [6.45, 7) is 4.99. The van der Waals surface area contributed by atoms with Crippen LogP contribution in [0.4, 0.5) is 0 Å². The summed E-state index contributed by atoms with van der Waals surface area (Å²) in [5, 5.41) is 7.13. The third-order valence-electron chi connectivity index (χ3n) is 11.2. The van der Waals surface area contributed by atoms with Gasteiger partial charge in [0.05, 0.1) is 28.6 Å². The Bertz CT molecular complexity index is 3240. The first-order valence-electron chi connectivity index (χ1n) is 18.7. The topological polar surface area (TPSA) is 35.1 Å². The second-order valence-electron chi connectivity index (χ2n) is 14.3. The smallest absolute Gasteiger partial charge is 0.132 e. The summed E-state index contributed by atoms with van der Waals surface area (Å²) >= 11 is 0. The highest BCUT2D eigenvalue weighted by atomic mass is 15.1. The van der Waals surface area contributed by atoms with E-state index in [1.54, 1.807) is 0 Å². The molecule has 55 heavy (non-hydrogen) atoms. The minimum atomic E-state index is 0.518. The molecule has 0 atom stereocenters. The Morgan fingerprint density at radius 1 is 0.473 bits per heavy atom. The van der Waals surface area contributed by atoms with Gasteiger partial charge in [0.1, 0.15) is 5.84 Å². The van der Waals surface area contributed by atoms with Crippen molar-refractivity contribution in [2.75, 3.05) is 0 Å². The number of aromatic nitrogens is 3. The van der Waals surface area contributed by atoms with Crippen LogP contribution < -0.4 is 0 Å². The Morgan fingerprint density at radius 3 is 1.85 bits per heavy atom. The van der Waals surface area contributed by atoms with E-state index in [1.807, 2.05) is 12.4 Å². The molecule has 0 spiro atoms. The lowest BCUT2D eigenvalue weighted by atomic mass is 9.97. The quantitative estimate of drug-likeness (QED) is 0.180. The van der Waals surface area contributed by atoms with Crippen molar-refractivity contribution in [1.29, 1.82) is 0 Å². The molecule has 3 aromatic heterocycles. The number of rotatable bonds is 3. The predicted molar refractivity (Wildman–Crippen MR) is 231 cm³/mol. The van der Waals surface area contributed by atoms with E-state index in [1.165, 1.54) is 60.2 Å². The van der Waals surface area contributed by atoms with Crippen molar-refractivity contribution in [3.63, 3.8) is 0 Å². The Hall–Kier alpha value is -7.30. The van der Waals surface area contributed by atoms with Crippen LogP contribution in [0.15, 0.2) is 194 Å². The molecular weight excluding hydrogens is 669 g/mol. The molecule has 0 fully saturated rings. The molecule has 0 unspecified atom stereocenters. The normalized spacial score (nSPS) is 13.7. The molecule has 4 heteroatoms. The average Bonchev–Trinajstić information content (AvgIpc) is 3.77. The fourth-order valence-electron chi connectivity index (χ4n) is 8.61. The molecule has 0 bridgehead atoms. The minimum absolute atomic E-state index is 0.518. The fraction of sp³-hybridized carbons (Fsp3) is 0.0196. The number of nitrogens with zero attached hydrogens (tertiary/aromatic N) is 4. The van der Waals surface area contributed by atoms with Crippen molar-refractivity contribution in [2.45, 2.75) is 6.54 Å². The number of benzene rings is 7. The van der Waals surface area contributed by atoms with Crippen LogP contribution in [0, 0.1) is 0 Å². The van der Waals surface area contributed by atoms with E-state index in [0.717, 1.165) is 44.6 Å². The van der Waals surface area contributed by atoms with Crippen LogP contribution >= 0.6 is 0 Å². The Morgan fingerprint density at radius 2 is 1.09 bits per heavy atom. The molecule has 0 saturated heterocycles. The van der Waals surface area contributed by atoms with Gasteiger partial charge in [-0.05, 0) is 93.4 Å². The van der Waals surface area contributed by atoms with Crippen molar-refractivity contribution in [3.8, 4) is 27.9 Å². The van der Waals surface area contributed by atoms with Crippen molar-refractivity contribution in [3.05, 3.63) is 200 Å². The lowest BCUT2D eigenvalue weighted by Gasteiger charge is -2.11. The lowest BCUT2D eigenvalue weighted by Crippen LogP contribution is -2.09. The number of fused-ring (bicyclic) bond motifs is 6. The molecule has 10 aromatic rings. The minimum Gasteiger partial charge on any atom is -0.309 e. The van der Waals surface area contributed by atoms with E-state index in [9.17, 15) is 0 Å². The Balaban J connectivity index is 1.05. The van der Waals surface area contributed by atoms with E-state index in [2.05, 4.69) is 191 Å².